The predicted molar refractivity (Wildman–Crippen MR) is 63.9 cm³/mol. The normalized spacial score (nSPS) is 15.8. The summed E-state index contributed by atoms with van der Waals surface area (Å²) in [5.41, 5.74) is 0.716. The van der Waals surface area contributed by atoms with Crippen LogP contribution in [0.3, 0.4) is 0 Å². The highest BCUT2D eigenvalue weighted by molar-refractivity contribution is 5.83. The van der Waals surface area contributed by atoms with Gasteiger partial charge in [-0.3, -0.25) is 14.7 Å². The third-order valence-electron chi connectivity index (χ3n) is 3.29. The summed E-state index contributed by atoms with van der Waals surface area (Å²) >= 11 is 0. The number of H-pyrrole nitrogens is 1. The first-order valence-electron chi connectivity index (χ1n) is 6.16. The highest BCUT2D eigenvalue weighted by Crippen LogP contribution is 2.23. The SMILES string of the molecule is O=C(O)CN(C(=O)Cc1ccn[nH]1)C1CCCC1. The van der Waals surface area contributed by atoms with E-state index in [1.165, 1.54) is 4.90 Å². The lowest BCUT2D eigenvalue weighted by molar-refractivity contribution is -0.145. The Kier molecular flexibility index (Phi) is 3.96. The fourth-order valence-corrected chi connectivity index (χ4v) is 2.43. The summed E-state index contributed by atoms with van der Waals surface area (Å²) in [6.07, 6.45) is 5.71. The monoisotopic (exact) mass is 251 g/mol. The molecule has 1 amide bonds. The Morgan fingerprint density at radius 2 is 2.17 bits per heavy atom. The number of aromatic amines is 1. The number of hydrogen-bond acceptors (Lipinski definition) is 3. The van der Waals surface area contributed by atoms with Gasteiger partial charge in [-0.25, -0.2) is 0 Å². The molecule has 0 aromatic carbocycles. The highest BCUT2D eigenvalue weighted by Gasteiger charge is 2.28. The minimum Gasteiger partial charge on any atom is -0.480 e. The van der Waals surface area contributed by atoms with Gasteiger partial charge in [-0.15, -0.1) is 0 Å². The number of aromatic nitrogens is 2. The van der Waals surface area contributed by atoms with Gasteiger partial charge < -0.3 is 10.0 Å². The average molecular weight is 251 g/mol. The van der Waals surface area contributed by atoms with Crippen molar-refractivity contribution in [2.75, 3.05) is 6.54 Å². The molecule has 2 rings (SSSR count). The summed E-state index contributed by atoms with van der Waals surface area (Å²) in [7, 11) is 0. The van der Waals surface area contributed by atoms with Crippen LogP contribution < -0.4 is 0 Å². The lowest BCUT2D eigenvalue weighted by atomic mass is 10.1. The standard InChI is InChI=1S/C12H17N3O3/c16-11(7-9-5-6-13-14-9)15(8-12(17)18)10-3-1-2-4-10/h5-6,10H,1-4,7-8H2,(H,13,14)(H,17,18). The first kappa shape index (κ1) is 12.6. The zero-order valence-electron chi connectivity index (χ0n) is 10.1. The van der Waals surface area contributed by atoms with Gasteiger partial charge in [0.1, 0.15) is 6.54 Å². The van der Waals surface area contributed by atoms with Gasteiger partial charge in [-0.05, 0) is 18.9 Å². The van der Waals surface area contributed by atoms with Crippen LogP contribution in [0.2, 0.25) is 0 Å². The minimum absolute atomic E-state index is 0.0801. The number of amides is 1. The summed E-state index contributed by atoms with van der Waals surface area (Å²) in [5, 5.41) is 15.4. The van der Waals surface area contributed by atoms with E-state index in [4.69, 9.17) is 5.11 Å². The number of carbonyl (C=O) groups excluding carboxylic acids is 1. The molecule has 1 fully saturated rings. The first-order valence-corrected chi connectivity index (χ1v) is 6.16. The second kappa shape index (κ2) is 5.66. The molecule has 0 saturated heterocycles. The first-order chi connectivity index (χ1) is 8.66. The minimum atomic E-state index is -0.958. The van der Waals surface area contributed by atoms with E-state index in [0.717, 1.165) is 25.7 Å². The third kappa shape index (κ3) is 3.09. The van der Waals surface area contributed by atoms with Gasteiger partial charge in [0, 0.05) is 17.9 Å². The van der Waals surface area contributed by atoms with Gasteiger partial charge in [0.05, 0.1) is 6.42 Å². The molecule has 0 bridgehead atoms. The smallest absolute Gasteiger partial charge is 0.323 e. The van der Waals surface area contributed by atoms with Crippen molar-refractivity contribution < 1.29 is 14.7 Å². The van der Waals surface area contributed by atoms with Crippen molar-refractivity contribution in [2.45, 2.75) is 38.1 Å². The Morgan fingerprint density at radius 1 is 1.44 bits per heavy atom. The summed E-state index contributed by atoms with van der Waals surface area (Å²) in [5.74, 6) is -1.10. The van der Waals surface area contributed by atoms with Gasteiger partial charge in [-0.1, -0.05) is 12.8 Å². The second-order valence-corrected chi connectivity index (χ2v) is 4.61. The lowest BCUT2D eigenvalue weighted by Crippen LogP contribution is -2.43. The van der Waals surface area contributed by atoms with Crippen molar-refractivity contribution in [2.24, 2.45) is 0 Å². The van der Waals surface area contributed by atoms with Crippen LogP contribution >= 0.6 is 0 Å². The van der Waals surface area contributed by atoms with Crippen LogP contribution in [0.4, 0.5) is 0 Å². The number of carboxylic acid groups (broad SMARTS) is 1. The van der Waals surface area contributed by atoms with E-state index < -0.39 is 5.97 Å². The molecule has 0 spiro atoms. The van der Waals surface area contributed by atoms with E-state index in [1.54, 1.807) is 12.3 Å². The molecule has 1 aromatic heterocycles. The number of carbonyl (C=O) groups is 2. The molecule has 1 heterocycles. The van der Waals surface area contributed by atoms with Crippen molar-refractivity contribution in [3.05, 3.63) is 18.0 Å². The van der Waals surface area contributed by atoms with Crippen molar-refractivity contribution in [3.63, 3.8) is 0 Å². The highest BCUT2D eigenvalue weighted by atomic mass is 16.4. The van der Waals surface area contributed by atoms with Crippen molar-refractivity contribution in [3.8, 4) is 0 Å². The zero-order valence-corrected chi connectivity index (χ0v) is 10.1. The Bertz CT molecular complexity index is 410. The molecular weight excluding hydrogens is 234 g/mol. The zero-order chi connectivity index (χ0) is 13.0. The van der Waals surface area contributed by atoms with E-state index in [-0.39, 0.29) is 24.9 Å². The summed E-state index contributed by atoms with van der Waals surface area (Å²) in [6.45, 7) is -0.211. The molecule has 0 aliphatic heterocycles. The summed E-state index contributed by atoms with van der Waals surface area (Å²) in [6, 6.07) is 1.81. The van der Waals surface area contributed by atoms with Crippen LogP contribution in [0.25, 0.3) is 0 Å². The maximum atomic E-state index is 12.1. The van der Waals surface area contributed by atoms with Crippen LogP contribution in [0.15, 0.2) is 12.3 Å². The van der Waals surface area contributed by atoms with Crippen molar-refractivity contribution in [1.29, 1.82) is 0 Å². The van der Waals surface area contributed by atoms with E-state index in [2.05, 4.69) is 10.2 Å². The molecule has 18 heavy (non-hydrogen) atoms. The predicted octanol–water partition coefficient (Wildman–Crippen LogP) is 0.808. The molecule has 0 radical (unpaired) electrons. The van der Waals surface area contributed by atoms with E-state index >= 15 is 0 Å². The Morgan fingerprint density at radius 3 is 2.72 bits per heavy atom. The van der Waals surface area contributed by atoms with Crippen LogP contribution in [0, 0.1) is 0 Å². The summed E-state index contributed by atoms with van der Waals surface area (Å²) < 4.78 is 0. The molecule has 1 saturated carbocycles. The van der Waals surface area contributed by atoms with E-state index in [0.29, 0.717) is 5.69 Å². The Balaban J connectivity index is 2.02. The van der Waals surface area contributed by atoms with Crippen molar-refractivity contribution in [1.82, 2.24) is 15.1 Å². The molecule has 0 unspecified atom stereocenters. The molecule has 0 atom stereocenters. The fraction of sp³-hybridized carbons (Fsp3) is 0.583. The van der Waals surface area contributed by atoms with Crippen LogP contribution in [0.5, 0.6) is 0 Å². The molecule has 6 nitrogen and oxygen atoms in total. The fourth-order valence-electron chi connectivity index (χ4n) is 2.43. The quantitative estimate of drug-likeness (QED) is 0.810. The van der Waals surface area contributed by atoms with Crippen LogP contribution in [-0.4, -0.2) is 44.7 Å². The van der Waals surface area contributed by atoms with E-state index in [9.17, 15) is 9.59 Å². The van der Waals surface area contributed by atoms with Crippen LogP contribution in [0.1, 0.15) is 31.4 Å². The molecular formula is C12H17N3O3. The van der Waals surface area contributed by atoms with Crippen molar-refractivity contribution >= 4 is 11.9 Å². The van der Waals surface area contributed by atoms with Gasteiger partial charge in [-0.2, -0.15) is 5.10 Å². The van der Waals surface area contributed by atoms with Crippen LogP contribution in [-0.2, 0) is 16.0 Å². The second-order valence-electron chi connectivity index (χ2n) is 4.61. The number of nitrogens with zero attached hydrogens (tertiary/aromatic N) is 2. The number of aliphatic carboxylic acids is 1. The maximum absolute atomic E-state index is 12.1. The maximum Gasteiger partial charge on any atom is 0.323 e. The van der Waals surface area contributed by atoms with Gasteiger partial charge in [0.15, 0.2) is 0 Å². The molecule has 1 aliphatic rings. The third-order valence-corrected chi connectivity index (χ3v) is 3.29. The molecule has 2 N–H and O–H groups in total. The number of hydrogen-bond donors (Lipinski definition) is 2. The topological polar surface area (TPSA) is 86.3 Å². The Labute approximate surface area is 105 Å². The van der Waals surface area contributed by atoms with Gasteiger partial charge in [0.2, 0.25) is 5.91 Å². The molecule has 6 heteroatoms. The number of rotatable bonds is 5. The summed E-state index contributed by atoms with van der Waals surface area (Å²) in [4.78, 5) is 24.5. The number of nitrogens with one attached hydrogen (secondary N) is 1. The molecule has 98 valence electrons. The lowest BCUT2D eigenvalue weighted by Gasteiger charge is -2.27. The average Bonchev–Trinajstić information content (AvgIpc) is 2.97. The number of carboxylic acids is 1. The van der Waals surface area contributed by atoms with E-state index in [1.807, 2.05) is 0 Å². The van der Waals surface area contributed by atoms with Gasteiger partial charge in [0.25, 0.3) is 0 Å². The largest absolute Gasteiger partial charge is 0.480 e. The molecule has 1 aromatic rings. The van der Waals surface area contributed by atoms with Gasteiger partial charge >= 0.3 is 5.97 Å². The Hall–Kier alpha value is -1.85. The molecule has 1 aliphatic carbocycles.